The minimum atomic E-state index is -0.235. The first-order valence-corrected chi connectivity index (χ1v) is 10.4. The van der Waals surface area contributed by atoms with E-state index in [4.69, 9.17) is 4.74 Å². The van der Waals surface area contributed by atoms with Gasteiger partial charge in [-0.1, -0.05) is 54.6 Å². The number of benzene rings is 3. The van der Waals surface area contributed by atoms with Crippen LogP contribution in [0.3, 0.4) is 0 Å². The molecule has 3 aromatic rings. The lowest BCUT2D eigenvalue weighted by Crippen LogP contribution is -2.31. The van der Waals surface area contributed by atoms with E-state index in [2.05, 4.69) is 5.32 Å². The maximum Gasteiger partial charge on any atom is 0.261 e. The summed E-state index contributed by atoms with van der Waals surface area (Å²) in [6.45, 7) is 4.35. The first-order chi connectivity index (χ1) is 15.0. The zero-order chi connectivity index (χ0) is 22.2. The van der Waals surface area contributed by atoms with Crippen LogP contribution in [0.15, 0.2) is 78.9 Å². The van der Waals surface area contributed by atoms with E-state index in [9.17, 15) is 9.59 Å². The Morgan fingerprint density at radius 3 is 2.19 bits per heavy atom. The summed E-state index contributed by atoms with van der Waals surface area (Å²) in [6.07, 6.45) is 0.686. The van der Waals surface area contributed by atoms with Crippen molar-refractivity contribution in [3.8, 4) is 5.75 Å². The van der Waals surface area contributed by atoms with Crippen molar-refractivity contribution >= 4 is 17.5 Å². The first-order valence-electron chi connectivity index (χ1n) is 10.4. The molecule has 0 heterocycles. The Labute approximate surface area is 183 Å². The van der Waals surface area contributed by atoms with E-state index in [1.54, 1.807) is 43.4 Å². The van der Waals surface area contributed by atoms with Gasteiger partial charge in [-0.05, 0) is 50.1 Å². The van der Waals surface area contributed by atoms with Crippen LogP contribution in [0.25, 0.3) is 0 Å². The van der Waals surface area contributed by atoms with Gasteiger partial charge in [0, 0.05) is 13.6 Å². The molecular weight excluding hydrogens is 388 g/mol. The third kappa shape index (κ3) is 5.72. The molecule has 0 unspecified atom stereocenters. The molecule has 31 heavy (non-hydrogen) atoms. The highest BCUT2D eigenvalue weighted by Crippen LogP contribution is 2.25. The molecule has 0 spiro atoms. The van der Waals surface area contributed by atoms with Gasteiger partial charge in [0.15, 0.2) is 0 Å². The number of hydrogen-bond acceptors (Lipinski definition) is 3. The van der Waals surface area contributed by atoms with Crippen LogP contribution >= 0.6 is 0 Å². The quantitative estimate of drug-likeness (QED) is 0.578. The van der Waals surface area contributed by atoms with E-state index in [1.165, 1.54) is 4.90 Å². The molecule has 0 aliphatic carbocycles. The third-order valence-electron chi connectivity index (χ3n) is 4.84. The molecular formula is C26H28N2O3. The molecule has 0 atom stereocenters. The van der Waals surface area contributed by atoms with E-state index >= 15 is 0 Å². The number of carbonyl (C=O) groups is 2. The van der Waals surface area contributed by atoms with Crippen molar-refractivity contribution in [1.82, 2.24) is 5.32 Å². The van der Waals surface area contributed by atoms with Gasteiger partial charge >= 0.3 is 0 Å². The molecule has 0 saturated heterocycles. The van der Waals surface area contributed by atoms with Crippen LogP contribution < -0.4 is 15.0 Å². The van der Waals surface area contributed by atoms with Crippen LogP contribution in [0.4, 0.5) is 5.69 Å². The van der Waals surface area contributed by atoms with E-state index in [0.29, 0.717) is 29.1 Å². The van der Waals surface area contributed by atoms with Gasteiger partial charge < -0.3 is 15.0 Å². The summed E-state index contributed by atoms with van der Waals surface area (Å²) in [6, 6.07) is 24.3. The number of nitrogens with zero attached hydrogens (tertiary/aromatic N) is 1. The number of amides is 2. The molecule has 3 aromatic carbocycles. The van der Waals surface area contributed by atoms with Gasteiger partial charge in [-0.2, -0.15) is 0 Å². The lowest BCUT2D eigenvalue weighted by Gasteiger charge is -2.22. The van der Waals surface area contributed by atoms with Gasteiger partial charge in [0.1, 0.15) is 5.75 Å². The lowest BCUT2D eigenvalue weighted by molar-refractivity contribution is 0.0954. The second kappa shape index (κ2) is 10.4. The Morgan fingerprint density at radius 2 is 1.48 bits per heavy atom. The van der Waals surface area contributed by atoms with Crippen molar-refractivity contribution in [3.05, 3.63) is 95.6 Å². The predicted octanol–water partition coefficient (Wildman–Crippen LogP) is 4.72. The summed E-state index contributed by atoms with van der Waals surface area (Å²) in [4.78, 5) is 27.6. The summed E-state index contributed by atoms with van der Waals surface area (Å²) >= 11 is 0. The molecule has 3 rings (SSSR count). The predicted molar refractivity (Wildman–Crippen MR) is 124 cm³/mol. The van der Waals surface area contributed by atoms with Gasteiger partial charge in [0.05, 0.1) is 22.9 Å². The van der Waals surface area contributed by atoms with Gasteiger partial charge in [-0.25, -0.2) is 0 Å². The van der Waals surface area contributed by atoms with Crippen LogP contribution in [0.1, 0.15) is 40.1 Å². The number of carbonyl (C=O) groups excluding carboxylic acids is 2. The highest BCUT2D eigenvalue weighted by molar-refractivity contribution is 6.11. The van der Waals surface area contributed by atoms with Crippen LogP contribution in [0.5, 0.6) is 5.75 Å². The molecule has 0 radical (unpaired) electrons. The summed E-state index contributed by atoms with van der Waals surface area (Å²) in [5, 5.41) is 2.96. The zero-order valence-corrected chi connectivity index (χ0v) is 18.2. The zero-order valence-electron chi connectivity index (χ0n) is 18.2. The van der Waals surface area contributed by atoms with E-state index < -0.39 is 0 Å². The van der Waals surface area contributed by atoms with E-state index in [-0.39, 0.29) is 17.9 Å². The normalized spacial score (nSPS) is 10.6. The second-order valence-electron chi connectivity index (χ2n) is 7.54. The number of para-hydroxylation sites is 2. The summed E-state index contributed by atoms with van der Waals surface area (Å²) < 4.78 is 5.80. The van der Waals surface area contributed by atoms with Crippen LogP contribution in [-0.4, -0.2) is 31.5 Å². The van der Waals surface area contributed by atoms with Gasteiger partial charge in [-0.3, -0.25) is 9.59 Å². The molecule has 0 fully saturated rings. The molecule has 2 amide bonds. The monoisotopic (exact) mass is 416 g/mol. The Morgan fingerprint density at radius 1 is 0.871 bits per heavy atom. The molecule has 5 heteroatoms. The Hall–Kier alpha value is -3.60. The summed E-state index contributed by atoms with van der Waals surface area (Å²) in [5.74, 6) is 0.0813. The van der Waals surface area contributed by atoms with Gasteiger partial charge in [0.2, 0.25) is 0 Å². The van der Waals surface area contributed by atoms with Gasteiger partial charge in [-0.15, -0.1) is 0 Å². The maximum atomic E-state index is 13.2. The molecule has 1 N–H and O–H groups in total. The molecule has 5 nitrogen and oxygen atoms in total. The summed E-state index contributed by atoms with van der Waals surface area (Å²) in [7, 11) is 1.67. The number of rotatable bonds is 8. The van der Waals surface area contributed by atoms with Gasteiger partial charge in [0.25, 0.3) is 11.8 Å². The standard InChI is InChI=1S/C26H28N2O3/c1-19(2)31-24-16-10-8-14-22(24)26(30)28(3)23-15-9-7-13-21(23)25(29)27-18-17-20-11-5-4-6-12-20/h4-16,19H,17-18H2,1-3H3,(H,27,29). The highest BCUT2D eigenvalue weighted by atomic mass is 16.5. The van der Waals surface area contributed by atoms with Crippen molar-refractivity contribution in [2.45, 2.75) is 26.4 Å². The van der Waals surface area contributed by atoms with E-state index in [0.717, 1.165) is 12.0 Å². The first kappa shape index (κ1) is 22.1. The average Bonchev–Trinajstić information content (AvgIpc) is 2.79. The van der Waals surface area contributed by atoms with Crippen LogP contribution in [-0.2, 0) is 6.42 Å². The second-order valence-corrected chi connectivity index (χ2v) is 7.54. The average molecular weight is 417 g/mol. The molecule has 0 aliphatic rings. The van der Waals surface area contributed by atoms with Crippen LogP contribution in [0, 0.1) is 0 Å². The summed E-state index contributed by atoms with van der Waals surface area (Å²) in [5.41, 5.74) is 2.61. The minimum absolute atomic E-state index is 0.0538. The molecule has 0 saturated carbocycles. The third-order valence-corrected chi connectivity index (χ3v) is 4.84. The largest absolute Gasteiger partial charge is 0.490 e. The Kier molecular flexibility index (Phi) is 7.44. The maximum absolute atomic E-state index is 13.2. The Bertz CT molecular complexity index is 1030. The molecule has 160 valence electrons. The molecule has 0 aromatic heterocycles. The fraction of sp³-hybridized carbons (Fsp3) is 0.231. The molecule has 0 aliphatic heterocycles. The number of hydrogen-bond donors (Lipinski definition) is 1. The van der Waals surface area contributed by atoms with Crippen molar-refractivity contribution in [2.24, 2.45) is 0 Å². The van der Waals surface area contributed by atoms with Crippen molar-refractivity contribution in [3.63, 3.8) is 0 Å². The highest BCUT2D eigenvalue weighted by Gasteiger charge is 2.22. The number of nitrogens with one attached hydrogen (secondary N) is 1. The number of anilines is 1. The van der Waals surface area contributed by atoms with Crippen LogP contribution in [0.2, 0.25) is 0 Å². The fourth-order valence-electron chi connectivity index (χ4n) is 3.31. The molecule has 0 bridgehead atoms. The lowest BCUT2D eigenvalue weighted by atomic mass is 10.1. The SMILES string of the molecule is CC(C)Oc1ccccc1C(=O)N(C)c1ccccc1C(=O)NCCc1ccccc1. The minimum Gasteiger partial charge on any atom is -0.490 e. The van der Waals surface area contributed by atoms with Crippen molar-refractivity contribution in [1.29, 1.82) is 0 Å². The fourth-order valence-corrected chi connectivity index (χ4v) is 3.31. The van der Waals surface area contributed by atoms with Crippen molar-refractivity contribution in [2.75, 3.05) is 18.5 Å². The van der Waals surface area contributed by atoms with Crippen molar-refractivity contribution < 1.29 is 14.3 Å². The van der Waals surface area contributed by atoms with E-state index in [1.807, 2.05) is 56.3 Å². The number of ether oxygens (including phenoxy) is 1. The topological polar surface area (TPSA) is 58.6 Å². The Balaban J connectivity index is 1.76. The smallest absolute Gasteiger partial charge is 0.261 e.